The smallest absolute Gasteiger partial charge is 0.308 e. The minimum atomic E-state index is -0.776. The molecule has 0 aromatic carbocycles. The lowest BCUT2D eigenvalue weighted by molar-refractivity contribution is -0.146. The van der Waals surface area contributed by atoms with Gasteiger partial charge in [0.1, 0.15) is 0 Å². The minimum absolute atomic E-state index is 0.119. The van der Waals surface area contributed by atoms with Gasteiger partial charge >= 0.3 is 5.97 Å². The van der Waals surface area contributed by atoms with Gasteiger partial charge in [-0.05, 0) is 37.2 Å². The molecule has 0 spiro atoms. The SMILES string of the molecule is CSCCCCC(=O)N1CC(C)CC(C(=O)O)C1. The molecule has 2 unspecified atom stereocenters. The maximum atomic E-state index is 12.0. The van der Waals surface area contributed by atoms with E-state index in [1.807, 2.05) is 6.92 Å². The number of piperidine rings is 1. The van der Waals surface area contributed by atoms with Crippen molar-refractivity contribution in [2.75, 3.05) is 25.1 Å². The molecule has 18 heavy (non-hydrogen) atoms. The van der Waals surface area contributed by atoms with Crippen molar-refractivity contribution in [3.8, 4) is 0 Å². The van der Waals surface area contributed by atoms with Crippen LogP contribution in [-0.2, 0) is 9.59 Å². The maximum Gasteiger partial charge on any atom is 0.308 e. The third kappa shape index (κ3) is 4.88. The molecule has 0 radical (unpaired) electrons. The Labute approximate surface area is 113 Å². The van der Waals surface area contributed by atoms with Crippen LogP contribution in [0.4, 0.5) is 0 Å². The van der Waals surface area contributed by atoms with E-state index in [1.54, 1.807) is 16.7 Å². The van der Waals surface area contributed by atoms with Crippen molar-refractivity contribution in [2.45, 2.75) is 32.6 Å². The molecule has 5 heteroatoms. The normalized spacial score (nSPS) is 24.0. The molecule has 4 nitrogen and oxygen atoms in total. The molecule has 1 amide bonds. The number of carboxylic acid groups (broad SMARTS) is 1. The highest BCUT2D eigenvalue weighted by Crippen LogP contribution is 2.22. The molecule has 104 valence electrons. The zero-order valence-electron chi connectivity index (χ0n) is 11.2. The van der Waals surface area contributed by atoms with Crippen LogP contribution in [0.1, 0.15) is 32.6 Å². The Bertz CT molecular complexity index is 296. The Morgan fingerprint density at radius 2 is 2.06 bits per heavy atom. The van der Waals surface area contributed by atoms with Crippen LogP contribution in [0.15, 0.2) is 0 Å². The number of thioether (sulfide) groups is 1. The van der Waals surface area contributed by atoms with Crippen molar-refractivity contribution in [1.29, 1.82) is 0 Å². The van der Waals surface area contributed by atoms with Gasteiger partial charge in [0, 0.05) is 19.5 Å². The highest BCUT2D eigenvalue weighted by molar-refractivity contribution is 7.98. The van der Waals surface area contributed by atoms with Gasteiger partial charge in [-0.2, -0.15) is 11.8 Å². The number of unbranched alkanes of at least 4 members (excludes halogenated alkanes) is 1. The Morgan fingerprint density at radius 1 is 1.33 bits per heavy atom. The average molecular weight is 273 g/mol. The lowest BCUT2D eigenvalue weighted by Crippen LogP contribution is -2.45. The summed E-state index contributed by atoms with van der Waals surface area (Å²) in [6.07, 6.45) is 5.26. The van der Waals surface area contributed by atoms with Crippen molar-refractivity contribution in [3.05, 3.63) is 0 Å². The van der Waals surface area contributed by atoms with Crippen LogP contribution in [0.2, 0.25) is 0 Å². The van der Waals surface area contributed by atoms with Gasteiger partial charge in [0.25, 0.3) is 0 Å². The fourth-order valence-electron chi connectivity index (χ4n) is 2.41. The summed E-state index contributed by atoms with van der Waals surface area (Å²) in [6, 6.07) is 0. The van der Waals surface area contributed by atoms with Crippen molar-refractivity contribution >= 4 is 23.6 Å². The summed E-state index contributed by atoms with van der Waals surface area (Å²) in [5.74, 6) is 0.330. The number of amides is 1. The quantitative estimate of drug-likeness (QED) is 0.753. The average Bonchev–Trinajstić information content (AvgIpc) is 2.33. The number of carbonyl (C=O) groups excluding carboxylic acids is 1. The molecular formula is C13H23NO3S. The van der Waals surface area contributed by atoms with Crippen LogP contribution < -0.4 is 0 Å². The molecule has 0 aromatic rings. The summed E-state index contributed by atoms with van der Waals surface area (Å²) in [6.45, 7) is 3.12. The first-order chi connectivity index (χ1) is 8.54. The molecular weight excluding hydrogens is 250 g/mol. The first-order valence-corrected chi connectivity index (χ1v) is 7.93. The fourth-order valence-corrected chi connectivity index (χ4v) is 2.91. The van der Waals surface area contributed by atoms with Gasteiger partial charge < -0.3 is 10.0 Å². The topological polar surface area (TPSA) is 57.6 Å². The number of aliphatic carboxylic acids is 1. The van der Waals surface area contributed by atoms with Gasteiger partial charge in [0.2, 0.25) is 5.91 Å². The number of rotatable bonds is 6. The van der Waals surface area contributed by atoms with E-state index >= 15 is 0 Å². The molecule has 1 heterocycles. The monoisotopic (exact) mass is 273 g/mol. The van der Waals surface area contributed by atoms with Gasteiger partial charge in [0.05, 0.1) is 5.92 Å². The minimum Gasteiger partial charge on any atom is -0.481 e. The molecule has 1 rings (SSSR count). The van der Waals surface area contributed by atoms with Crippen molar-refractivity contribution in [2.24, 2.45) is 11.8 Å². The summed E-state index contributed by atoms with van der Waals surface area (Å²) in [7, 11) is 0. The van der Waals surface area contributed by atoms with Gasteiger partial charge in [-0.1, -0.05) is 6.92 Å². The number of carboxylic acids is 1. The van der Waals surface area contributed by atoms with Crippen molar-refractivity contribution in [3.63, 3.8) is 0 Å². The van der Waals surface area contributed by atoms with Crippen LogP contribution in [0.3, 0.4) is 0 Å². The van der Waals surface area contributed by atoms with E-state index < -0.39 is 5.97 Å². The van der Waals surface area contributed by atoms with Crippen LogP contribution in [0.5, 0.6) is 0 Å². The molecule has 1 aliphatic rings. The first-order valence-electron chi connectivity index (χ1n) is 6.54. The number of likely N-dealkylation sites (tertiary alicyclic amines) is 1. The predicted octanol–water partition coefficient (Wildman–Crippen LogP) is 2.09. The Kier molecular flexibility index (Phi) is 6.54. The predicted molar refractivity (Wildman–Crippen MR) is 73.7 cm³/mol. The van der Waals surface area contributed by atoms with E-state index in [4.69, 9.17) is 5.11 Å². The summed E-state index contributed by atoms with van der Waals surface area (Å²) < 4.78 is 0. The lowest BCUT2D eigenvalue weighted by atomic mass is 9.90. The molecule has 0 aliphatic carbocycles. The molecule has 0 bridgehead atoms. The second-order valence-corrected chi connectivity index (χ2v) is 6.11. The Morgan fingerprint density at radius 3 is 2.67 bits per heavy atom. The molecule has 0 aromatic heterocycles. The van der Waals surface area contributed by atoms with Gasteiger partial charge in [-0.3, -0.25) is 9.59 Å². The van der Waals surface area contributed by atoms with E-state index in [2.05, 4.69) is 6.26 Å². The fraction of sp³-hybridized carbons (Fsp3) is 0.846. The second-order valence-electron chi connectivity index (χ2n) is 5.12. The van der Waals surface area contributed by atoms with E-state index in [9.17, 15) is 9.59 Å². The summed E-state index contributed by atoms with van der Waals surface area (Å²) in [5, 5.41) is 9.06. The number of nitrogens with zero attached hydrogens (tertiary/aromatic N) is 1. The third-order valence-electron chi connectivity index (χ3n) is 3.35. The number of carbonyl (C=O) groups is 2. The van der Waals surface area contributed by atoms with Crippen LogP contribution in [0.25, 0.3) is 0 Å². The van der Waals surface area contributed by atoms with Crippen LogP contribution in [0, 0.1) is 11.8 Å². The summed E-state index contributed by atoms with van der Waals surface area (Å²) >= 11 is 1.79. The van der Waals surface area contributed by atoms with Crippen molar-refractivity contribution in [1.82, 2.24) is 4.90 Å². The van der Waals surface area contributed by atoms with E-state index in [-0.39, 0.29) is 17.7 Å². The molecule has 0 saturated carbocycles. The highest BCUT2D eigenvalue weighted by atomic mass is 32.2. The van der Waals surface area contributed by atoms with Gasteiger partial charge in [-0.25, -0.2) is 0 Å². The van der Waals surface area contributed by atoms with E-state index in [0.29, 0.717) is 25.9 Å². The lowest BCUT2D eigenvalue weighted by Gasteiger charge is -2.34. The summed E-state index contributed by atoms with van der Waals surface area (Å²) in [4.78, 5) is 24.8. The molecule has 1 saturated heterocycles. The third-order valence-corrected chi connectivity index (χ3v) is 4.05. The van der Waals surface area contributed by atoms with Crippen LogP contribution >= 0.6 is 11.8 Å². The Balaban J connectivity index is 2.39. The number of hydrogen-bond acceptors (Lipinski definition) is 3. The first kappa shape index (κ1) is 15.3. The molecule has 1 N–H and O–H groups in total. The zero-order chi connectivity index (χ0) is 13.5. The largest absolute Gasteiger partial charge is 0.481 e. The van der Waals surface area contributed by atoms with Crippen molar-refractivity contribution < 1.29 is 14.7 Å². The number of hydrogen-bond donors (Lipinski definition) is 1. The standard InChI is InChI=1S/C13H23NO3S/c1-10-7-11(13(16)17)9-14(8-10)12(15)5-3-4-6-18-2/h10-11H,3-9H2,1-2H3,(H,16,17). The van der Waals surface area contributed by atoms with Gasteiger partial charge in [-0.15, -0.1) is 0 Å². The van der Waals surface area contributed by atoms with Crippen LogP contribution in [-0.4, -0.2) is 47.0 Å². The summed E-state index contributed by atoms with van der Waals surface area (Å²) in [5.41, 5.74) is 0. The second kappa shape index (κ2) is 7.67. The Hall–Kier alpha value is -0.710. The molecule has 2 atom stereocenters. The highest BCUT2D eigenvalue weighted by Gasteiger charge is 2.31. The molecule has 1 aliphatic heterocycles. The van der Waals surface area contributed by atoms with E-state index in [1.165, 1.54) is 0 Å². The zero-order valence-corrected chi connectivity index (χ0v) is 12.0. The maximum absolute atomic E-state index is 12.0. The molecule has 1 fully saturated rings. The van der Waals surface area contributed by atoms with Gasteiger partial charge in [0.15, 0.2) is 0 Å². The van der Waals surface area contributed by atoms with E-state index in [0.717, 1.165) is 18.6 Å².